The van der Waals surface area contributed by atoms with Gasteiger partial charge in [-0.3, -0.25) is 4.90 Å². The molecule has 0 radical (unpaired) electrons. The summed E-state index contributed by atoms with van der Waals surface area (Å²) in [7, 11) is 0. The number of nitrogens with zero attached hydrogens (tertiary/aromatic N) is 1. The van der Waals surface area contributed by atoms with Gasteiger partial charge in [0.2, 0.25) is 0 Å². The van der Waals surface area contributed by atoms with Gasteiger partial charge in [0.05, 0.1) is 0 Å². The second-order valence-electron chi connectivity index (χ2n) is 5.42. The van der Waals surface area contributed by atoms with Gasteiger partial charge in [-0.05, 0) is 31.4 Å². The van der Waals surface area contributed by atoms with Crippen LogP contribution >= 0.6 is 0 Å². The minimum Gasteiger partial charge on any atom is -0.330 e. The first-order chi connectivity index (χ1) is 8.85. The minimum absolute atomic E-state index is 0.489. The van der Waals surface area contributed by atoms with Gasteiger partial charge in [-0.15, -0.1) is 0 Å². The van der Waals surface area contributed by atoms with E-state index in [2.05, 4.69) is 42.2 Å². The minimum atomic E-state index is 0.489. The molecule has 100 valence electrons. The molecule has 0 saturated heterocycles. The molecule has 1 aliphatic carbocycles. The maximum absolute atomic E-state index is 5.98. The molecule has 0 bridgehead atoms. The number of hydrogen-bond acceptors (Lipinski definition) is 2. The van der Waals surface area contributed by atoms with Crippen molar-refractivity contribution < 1.29 is 0 Å². The Morgan fingerprint density at radius 2 is 2.00 bits per heavy atom. The summed E-state index contributed by atoms with van der Waals surface area (Å²) in [4.78, 5) is 2.66. The van der Waals surface area contributed by atoms with Crippen LogP contribution in [-0.4, -0.2) is 30.6 Å². The molecule has 0 aromatic heterocycles. The van der Waals surface area contributed by atoms with Crippen molar-refractivity contribution in [2.75, 3.05) is 19.6 Å². The molecule has 2 heteroatoms. The molecule has 1 atom stereocenters. The van der Waals surface area contributed by atoms with Crippen LogP contribution in [0.25, 0.3) is 0 Å². The van der Waals surface area contributed by atoms with Crippen molar-refractivity contribution in [2.45, 2.75) is 44.6 Å². The van der Waals surface area contributed by atoms with Crippen LogP contribution in [0.1, 0.15) is 44.1 Å². The Labute approximate surface area is 111 Å². The summed E-state index contributed by atoms with van der Waals surface area (Å²) in [5.41, 5.74) is 7.37. The van der Waals surface area contributed by atoms with Crippen molar-refractivity contribution in [3.05, 3.63) is 35.9 Å². The summed E-state index contributed by atoms with van der Waals surface area (Å²) < 4.78 is 0. The van der Waals surface area contributed by atoms with Gasteiger partial charge in [0.25, 0.3) is 0 Å². The van der Waals surface area contributed by atoms with Crippen molar-refractivity contribution in [2.24, 2.45) is 5.73 Å². The van der Waals surface area contributed by atoms with Crippen LogP contribution in [0.15, 0.2) is 30.3 Å². The first-order valence-corrected chi connectivity index (χ1v) is 7.34. The normalized spacial score (nSPS) is 17.1. The average molecular weight is 246 g/mol. The number of hydrogen-bond donors (Lipinski definition) is 1. The molecule has 1 saturated carbocycles. The zero-order chi connectivity index (χ0) is 12.8. The van der Waals surface area contributed by atoms with Crippen LogP contribution in [0, 0.1) is 0 Å². The van der Waals surface area contributed by atoms with Gasteiger partial charge < -0.3 is 5.73 Å². The maximum atomic E-state index is 5.98. The largest absolute Gasteiger partial charge is 0.330 e. The molecule has 18 heavy (non-hydrogen) atoms. The molecule has 2 N–H and O–H groups in total. The quantitative estimate of drug-likeness (QED) is 0.764. The highest BCUT2D eigenvalue weighted by atomic mass is 15.2. The Kier molecular flexibility index (Phi) is 5.21. The van der Waals surface area contributed by atoms with E-state index in [0.29, 0.717) is 5.92 Å². The third-order valence-corrected chi connectivity index (χ3v) is 3.87. The number of unbranched alkanes of at least 4 members (excludes halogenated alkanes) is 1. The lowest BCUT2D eigenvalue weighted by atomic mass is 9.98. The summed E-state index contributed by atoms with van der Waals surface area (Å²) in [5, 5.41) is 0. The summed E-state index contributed by atoms with van der Waals surface area (Å²) in [5.74, 6) is 0.489. The van der Waals surface area contributed by atoms with Crippen LogP contribution in [0.3, 0.4) is 0 Å². The predicted molar refractivity (Wildman–Crippen MR) is 77.7 cm³/mol. The lowest BCUT2D eigenvalue weighted by Crippen LogP contribution is -2.34. The Hall–Kier alpha value is -0.860. The zero-order valence-corrected chi connectivity index (χ0v) is 11.5. The molecule has 0 aliphatic heterocycles. The molecule has 2 nitrogen and oxygen atoms in total. The van der Waals surface area contributed by atoms with Crippen molar-refractivity contribution in [1.82, 2.24) is 4.90 Å². The molecule has 0 spiro atoms. The molecular formula is C16H26N2. The molecule has 0 heterocycles. The Morgan fingerprint density at radius 1 is 1.28 bits per heavy atom. The first-order valence-electron chi connectivity index (χ1n) is 7.34. The van der Waals surface area contributed by atoms with E-state index >= 15 is 0 Å². The Morgan fingerprint density at radius 3 is 2.56 bits per heavy atom. The predicted octanol–water partition coefficient (Wildman–Crippen LogP) is 2.99. The number of rotatable bonds is 8. The van der Waals surface area contributed by atoms with E-state index in [1.165, 1.54) is 37.8 Å². The highest BCUT2D eigenvalue weighted by Crippen LogP contribution is 2.29. The Bertz CT molecular complexity index is 332. The maximum Gasteiger partial charge on any atom is 0.00966 e. The first kappa shape index (κ1) is 13.6. The monoisotopic (exact) mass is 246 g/mol. The van der Waals surface area contributed by atoms with Crippen LogP contribution in [-0.2, 0) is 0 Å². The van der Waals surface area contributed by atoms with E-state index in [4.69, 9.17) is 5.73 Å². The Balaban J connectivity index is 1.95. The van der Waals surface area contributed by atoms with Crippen molar-refractivity contribution in [3.8, 4) is 0 Å². The van der Waals surface area contributed by atoms with Crippen LogP contribution in [0.2, 0.25) is 0 Å². The second-order valence-corrected chi connectivity index (χ2v) is 5.42. The standard InChI is InChI=1S/C16H26N2/c1-2-3-11-18(16-9-10-16)13-15(12-17)14-7-5-4-6-8-14/h4-8,15-16H,2-3,9-13,17H2,1H3. The van der Waals surface area contributed by atoms with Gasteiger partial charge in [-0.25, -0.2) is 0 Å². The van der Waals surface area contributed by atoms with Crippen LogP contribution in [0.4, 0.5) is 0 Å². The molecule has 1 aliphatic rings. The fraction of sp³-hybridized carbons (Fsp3) is 0.625. The lowest BCUT2D eigenvalue weighted by molar-refractivity contribution is 0.243. The highest BCUT2D eigenvalue weighted by molar-refractivity contribution is 5.20. The SMILES string of the molecule is CCCCN(CC(CN)c1ccccc1)C1CC1. The third kappa shape index (κ3) is 3.82. The van der Waals surface area contributed by atoms with Gasteiger partial charge in [0, 0.05) is 25.0 Å². The summed E-state index contributed by atoms with van der Waals surface area (Å²) >= 11 is 0. The molecule has 1 unspecified atom stereocenters. The van der Waals surface area contributed by atoms with E-state index in [1.54, 1.807) is 0 Å². The number of nitrogens with two attached hydrogens (primary N) is 1. The van der Waals surface area contributed by atoms with Crippen molar-refractivity contribution in [3.63, 3.8) is 0 Å². The van der Waals surface area contributed by atoms with E-state index in [1.807, 2.05) is 0 Å². The molecule has 0 amide bonds. The highest BCUT2D eigenvalue weighted by Gasteiger charge is 2.29. The van der Waals surface area contributed by atoms with Gasteiger partial charge in [-0.2, -0.15) is 0 Å². The summed E-state index contributed by atoms with van der Waals surface area (Å²) in [6, 6.07) is 11.6. The van der Waals surface area contributed by atoms with E-state index in [0.717, 1.165) is 19.1 Å². The van der Waals surface area contributed by atoms with Crippen molar-refractivity contribution >= 4 is 0 Å². The van der Waals surface area contributed by atoms with E-state index in [-0.39, 0.29) is 0 Å². The molecule has 1 fully saturated rings. The zero-order valence-electron chi connectivity index (χ0n) is 11.5. The average Bonchev–Trinajstić information content (AvgIpc) is 3.25. The van der Waals surface area contributed by atoms with Gasteiger partial charge in [0.15, 0.2) is 0 Å². The fourth-order valence-electron chi connectivity index (χ4n) is 2.55. The van der Waals surface area contributed by atoms with Crippen molar-refractivity contribution in [1.29, 1.82) is 0 Å². The molecule has 2 rings (SSSR count). The third-order valence-electron chi connectivity index (χ3n) is 3.87. The van der Waals surface area contributed by atoms with Gasteiger partial charge in [0.1, 0.15) is 0 Å². The topological polar surface area (TPSA) is 29.3 Å². The van der Waals surface area contributed by atoms with Crippen LogP contribution < -0.4 is 5.73 Å². The number of benzene rings is 1. The summed E-state index contributed by atoms with van der Waals surface area (Å²) in [6.45, 7) is 5.39. The molecule has 1 aromatic carbocycles. The van der Waals surface area contributed by atoms with E-state index in [9.17, 15) is 0 Å². The molecular weight excluding hydrogens is 220 g/mol. The smallest absolute Gasteiger partial charge is 0.00966 e. The second kappa shape index (κ2) is 6.91. The van der Waals surface area contributed by atoms with Gasteiger partial charge >= 0.3 is 0 Å². The van der Waals surface area contributed by atoms with E-state index < -0.39 is 0 Å². The fourth-order valence-corrected chi connectivity index (χ4v) is 2.55. The van der Waals surface area contributed by atoms with Crippen LogP contribution in [0.5, 0.6) is 0 Å². The lowest BCUT2D eigenvalue weighted by Gasteiger charge is -2.27. The summed E-state index contributed by atoms with van der Waals surface area (Å²) in [6.07, 6.45) is 5.36. The van der Waals surface area contributed by atoms with Gasteiger partial charge in [-0.1, -0.05) is 43.7 Å². The molecule has 1 aromatic rings.